The summed E-state index contributed by atoms with van der Waals surface area (Å²) in [5, 5.41) is 31.2. The van der Waals surface area contributed by atoms with E-state index in [9.17, 15) is 39.5 Å². The number of nitrogens with zero attached hydrogens (tertiary/aromatic N) is 1. The number of benzene rings is 4. The van der Waals surface area contributed by atoms with Gasteiger partial charge in [0.1, 0.15) is 5.75 Å². The van der Waals surface area contributed by atoms with Gasteiger partial charge in [0.15, 0.2) is 5.75 Å². The highest BCUT2D eigenvalue weighted by molar-refractivity contribution is 6.09. The van der Waals surface area contributed by atoms with E-state index in [-0.39, 0.29) is 45.1 Å². The molecule has 0 heterocycles. The van der Waals surface area contributed by atoms with Crippen molar-refractivity contribution >= 4 is 35.3 Å². The highest BCUT2D eigenvalue weighted by Crippen LogP contribution is 2.38. The standard InChI is InChI=1S/C37H36N2O11/c1-3-4-5-6-7-8-17-49-32-21-30(38)27(20-31(32)39(46)47)22-9-11-24(12-10-22)36(44)50-26-15-13-23(14-16-26)28-18-25(34(40)41)19-29(37(45)48-2)33(28)35(42)43/h9-16,18-21H,3-8,17,38H2,1-2H3,(H,40,41)(H,42,43). The molecule has 0 bridgehead atoms. The summed E-state index contributed by atoms with van der Waals surface area (Å²) < 4.78 is 15.8. The van der Waals surface area contributed by atoms with Crippen LogP contribution in [0.1, 0.15) is 86.9 Å². The molecule has 0 aromatic heterocycles. The van der Waals surface area contributed by atoms with Crippen LogP contribution in [0.4, 0.5) is 11.4 Å². The van der Waals surface area contributed by atoms with Crippen LogP contribution in [0.5, 0.6) is 11.5 Å². The van der Waals surface area contributed by atoms with Crippen molar-refractivity contribution in [2.45, 2.75) is 45.4 Å². The highest BCUT2D eigenvalue weighted by Gasteiger charge is 2.25. The minimum atomic E-state index is -1.47. The number of carboxylic acids is 2. The lowest BCUT2D eigenvalue weighted by Gasteiger charge is -2.13. The topological polar surface area (TPSA) is 206 Å². The predicted molar refractivity (Wildman–Crippen MR) is 184 cm³/mol. The maximum atomic E-state index is 12.9. The van der Waals surface area contributed by atoms with Crippen LogP contribution in [0.25, 0.3) is 22.3 Å². The van der Waals surface area contributed by atoms with Gasteiger partial charge in [-0.1, -0.05) is 63.3 Å². The smallest absolute Gasteiger partial charge is 0.343 e. The molecule has 0 aliphatic heterocycles. The number of carboxylic acid groups (broad SMARTS) is 2. The summed E-state index contributed by atoms with van der Waals surface area (Å²) >= 11 is 0. The zero-order chi connectivity index (χ0) is 36.4. The molecule has 50 heavy (non-hydrogen) atoms. The van der Waals surface area contributed by atoms with Crippen LogP contribution in [-0.4, -0.2) is 52.7 Å². The second-order valence-electron chi connectivity index (χ2n) is 11.3. The summed E-state index contributed by atoms with van der Waals surface area (Å²) in [4.78, 5) is 60.3. The summed E-state index contributed by atoms with van der Waals surface area (Å²) in [6, 6.07) is 16.5. The van der Waals surface area contributed by atoms with E-state index in [2.05, 4.69) is 11.7 Å². The van der Waals surface area contributed by atoms with E-state index < -0.39 is 39.9 Å². The molecule has 0 saturated heterocycles. The molecule has 4 N–H and O–H groups in total. The summed E-state index contributed by atoms with van der Waals surface area (Å²) in [5.74, 6) is -4.41. The average Bonchev–Trinajstić information content (AvgIpc) is 3.10. The zero-order valence-corrected chi connectivity index (χ0v) is 27.5. The van der Waals surface area contributed by atoms with Gasteiger partial charge in [-0.05, 0) is 59.5 Å². The number of rotatable bonds is 16. The Kier molecular flexibility index (Phi) is 12.2. The molecule has 0 saturated carbocycles. The molecule has 4 rings (SSSR count). The summed E-state index contributed by atoms with van der Waals surface area (Å²) in [5.41, 5.74) is 6.36. The van der Waals surface area contributed by atoms with E-state index in [1.807, 2.05) is 0 Å². The molecule has 0 radical (unpaired) electrons. The quantitative estimate of drug-likeness (QED) is 0.0260. The van der Waals surface area contributed by atoms with Crippen LogP contribution in [-0.2, 0) is 4.74 Å². The number of hydrogen-bond donors (Lipinski definition) is 3. The number of nitro benzene ring substituents is 1. The lowest BCUT2D eigenvalue weighted by Crippen LogP contribution is -2.14. The van der Waals surface area contributed by atoms with Crippen LogP contribution in [0, 0.1) is 10.1 Å². The first-order valence-electron chi connectivity index (χ1n) is 15.8. The van der Waals surface area contributed by atoms with Gasteiger partial charge < -0.3 is 30.2 Å². The Morgan fingerprint density at radius 2 is 1.38 bits per heavy atom. The predicted octanol–water partition coefficient (Wildman–Crippen LogP) is 7.65. The third-order valence-electron chi connectivity index (χ3n) is 7.90. The molecule has 0 aliphatic rings. The summed E-state index contributed by atoms with van der Waals surface area (Å²) in [6.45, 7) is 2.48. The molecule has 13 heteroatoms. The minimum absolute atomic E-state index is 0.0526. The van der Waals surface area contributed by atoms with Gasteiger partial charge in [-0.2, -0.15) is 0 Å². The van der Waals surface area contributed by atoms with Gasteiger partial charge >= 0.3 is 29.6 Å². The summed E-state index contributed by atoms with van der Waals surface area (Å²) in [7, 11) is 1.05. The lowest BCUT2D eigenvalue weighted by atomic mass is 9.92. The number of ether oxygens (including phenoxy) is 3. The Balaban J connectivity index is 1.49. The number of unbranched alkanes of at least 4 members (excludes halogenated alkanes) is 5. The molecule has 0 atom stereocenters. The van der Waals surface area contributed by atoms with Gasteiger partial charge in [0.2, 0.25) is 0 Å². The normalized spacial score (nSPS) is 10.7. The molecular formula is C37H36N2O11. The van der Waals surface area contributed by atoms with Crippen molar-refractivity contribution in [2.24, 2.45) is 0 Å². The van der Waals surface area contributed by atoms with Crippen LogP contribution < -0.4 is 15.2 Å². The number of nitro groups is 1. The minimum Gasteiger partial charge on any atom is -0.487 e. The Bertz CT molecular complexity index is 1900. The monoisotopic (exact) mass is 684 g/mol. The Morgan fingerprint density at radius 1 is 0.760 bits per heavy atom. The van der Waals surface area contributed by atoms with Crippen LogP contribution in [0.3, 0.4) is 0 Å². The third-order valence-corrected chi connectivity index (χ3v) is 7.90. The van der Waals surface area contributed by atoms with Gasteiger partial charge in [0.05, 0.1) is 40.9 Å². The molecule has 260 valence electrons. The van der Waals surface area contributed by atoms with Crippen LogP contribution >= 0.6 is 0 Å². The molecule has 0 aliphatic carbocycles. The third kappa shape index (κ3) is 8.81. The Morgan fingerprint density at radius 3 is 1.98 bits per heavy atom. The Labute approximate surface area is 287 Å². The molecule has 4 aromatic rings. The number of methoxy groups -OCH3 is 1. The fourth-order valence-corrected chi connectivity index (χ4v) is 5.31. The number of nitrogen functional groups attached to an aromatic ring is 1. The molecule has 0 spiro atoms. The van der Waals surface area contributed by atoms with E-state index in [1.54, 1.807) is 12.1 Å². The van der Waals surface area contributed by atoms with Crippen LogP contribution in [0.15, 0.2) is 72.8 Å². The van der Waals surface area contributed by atoms with Crippen molar-refractivity contribution in [1.29, 1.82) is 0 Å². The van der Waals surface area contributed by atoms with E-state index in [0.717, 1.165) is 51.3 Å². The highest BCUT2D eigenvalue weighted by atomic mass is 16.6. The fourth-order valence-electron chi connectivity index (χ4n) is 5.31. The number of hydrogen-bond acceptors (Lipinski definition) is 10. The largest absolute Gasteiger partial charge is 0.487 e. The van der Waals surface area contributed by atoms with Crippen molar-refractivity contribution in [2.75, 3.05) is 19.5 Å². The molecule has 0 amide bonds. The van der Waals surface area contributed by atoms with Gasteiger partial charge in [-0.3, -0.25) is 10.1 Å². The molecule has 0 unspecified atom stereocenters. The van der Waals surface area contributed by atoms with Crippen molar-refractivity contribution in [3.63, 3.8) is 0 Å². The van der Waals surface area contributed by atoms with Gasteiger partial charge in [0, 0.05) is 23.4 Å². The van der Waals surface area contributed by atoms with Crippen molar-refractivity contribution in [3.05, 3.63) is 105 Å². The first-order valence-corrected chi connectivity index (χ1v) is 15.8. The second-order valence-corrected chi connectivity index (χ2v) is 11.3. The van der Waals surface area contributed by atoms with Gasteiger partial charge in [-0.15, -0.1) is 0 Å². The Hall–Kier alpha value is -6.24. The number of aromatic carboxylic acids is 2. The summed E-state index contributed by atoms with van der Waals surface area (Å²) in [6.07, 6.45) is 6.29. The molecule has 0 fully saturated rings. The fraction of sp³-hybridized carbons (Fsp3) is 0.243. The first kappa shape index (κ1) is 36.6. The van der Waals surface area contributed by atoms with Crippen molar-refractivity contribution < 1.29 is 48.5 Å². The van der Waals surface area contributed by atoms with Gasteiger partial charge in [-0.25, -0.2) is 19.2 Å². The lowest BCUT2D eigenvalue weighted by molar-refractivity contribution is -0.385. The van der Waals surface area contributed by atoms with Crippen molar-refractivity contribution in [3.8, 4) is 33.8 Å². The molecule has 4 aromatic carbocycles. The number of nitrogens with two attached hydrogens (primary N) is 1. The maximum absolute atomic E-state index is 12.9. The first-order chi connectivity index (χ1) is 23.9. The number of anilines is 1. The van der Waals surface area contributed by atoms with E-state index in [4.69, 9.17) is 15.2 Å². The molecular weight excluding hydrogens is 648 g/mol. The van der Waals surface area contributed by atoms with Crippen molar-refractivity contribution in [1.82, 2.24) is 0 Å². The number of carbonyl (C=O) groups is 4. The van der Waals surface area contributed by atoms with Crippen LogP contribution in [0.2, 0.25) is 0 Å². The van der Waals surface area contributed by atoms with E-state index in [0.29, 0.717) is 17.7 Å². The number of esters is 2. The SMILES string of the molecule is CCCCCCCCOc1cc(N)c(-c2ccc(C(=O)Oc3ccc(-c4cc(C(=O)O)cc(C(=O)OC)c4C(=O)O)cc3)cc2)cc1[N+](=O)[O-]. The molecule has 13 nitrogen and oxygen atoms in total. The number of carbonyl (C=O) groups excluding carboxylic acids is 2. The second kappa shape index (κ2) is 16.7. The van der Waals surface area contributed by atoms with Gasteiger partial charge in [0.25, 0.3) is 0 Å². The zero-order valence-electron chi connectivity index (χ0n) is 27.5. The average molecular weight is 685 g/mol. The van der Waals surface area contributed by atoms with E-state index >= 15 is 0 Å². The maximum Gasteiger partial charge on any atom is 0.343 e. The van der Waals surface area contributed by atoms with E-state index in [1.165, 1.54) is 55.0 Å².